The molecule has 6 nitrogen and oxygen atoms in total. The molecule has 0 N–H and O–H groups in total. The highest BCUT2D eigenvalue weighted by Crippen LogP contribution is 2.14. The summed E-state index contributed by atoms with van der Waals surface area (Å²) in [6.45, 7) is 6.32. The van der Waals surface area contributed by atoms with Gasteiger partial charge in [0.25, 0.3) is 0 Å². The van der Waals surface area contributed by atoms with Crippen LogP contribution < -0.4 is 0 Å². The molecule has 0 aromatic heterocycles. The molecule has 0 spiro atoms. The summed E-state index contributed by atoms with van der Waals surface area (Å²) in [7, 11) is 0. The van der Waals surface area contributed by atoms with Gasteiger partial charge in [0.15, 0.2) is 6.10 Å². The molecule has 0 fully saturated rings. The third-order valence-corrected chi connectivity index (χ3v) is 10.2. The van der Waals surface area contributed by atoms with Crippen LogP contribution in [-0.4, -0.2) is 37.2 Å². The molecule has 6 heteroatoms. The SMILES string of the molecule is CC/C=C/C=C/C=C/C=C/CCCCCC(=O)OCC(COC(=O)CCCCCCCCC/C=C/CCCCCC)OC(=O)CCCCCCCCC/C=C/C/C=C/CC. The second kappa shape index (κ2) is 48.3. The summed E-state index contributed by atoms with van der Waals surface area (Å²) < 4.78 is 16.7. The largest absolute Gasteiger partial charge is 0.462 e. The highest BCUT2D eigenvalue weighted by molar-refractivity contribution is 5.71. The quantitative estimate of drug-likeness (QED) is 0.0200. The Morgan fingerprint density at radius 3 is 1.23 bits per heavy atom. The number of hydrogen-bond acceptors (Lipinski definition) is 6. The number of carbonyl (C=O) groups excluding carboxylic acids is 3. The summed E-state index contributed by atoms with van der Waals surface area (Å²) in [4.78, 5) is 37.9. The number of hydrogen-bond donors (Lipinski definition) is 0. The Kier molecular flexibility index (Phi) is 45.5. The lowest BCUT2D eigenvalue weighted by Gasteiger charge is -2.18. The predicted octanol–water partition coefficient (Wildman–Crippen LogP) is 16.0. The Morgan fingerprint density at radius 2 is 0.733 bits per heavy atom. The van der Waals surface area contributed by atoms with Crippen molar-refractivity contribution in [3.8, 4) is 0 Å². The summed E-state index contributed by atoms with van der Waals surface area (Å²) in [5.41, 5.74) is 0. The molecule has 60 heavy (non-hydrogen) atoms. The van der Waals surface area contributed by atoms with E-state index in [4.69, 9.17) is 14.2 Å². The van der Waals surface area contributed by atoms with E-state index in [1.807, 2.05) is 36.5 Å². The maximum atomic E-state index is 12.8. The molecule has 0 saturated carbocycles. The van der Waals surface area contributed by atoms with Crippen LogP contribution in [0.2, 0.25) is 0 Å². The number of carbonyl (C=O) groups is 3. The van der Waals surface area contributed by atoms with E-state index in [0.29, 0.717) is 19.3 Å². The third-order valence-electron chi connectivity index (χ3n) is 10.2. The van der Waals surface area contributed by atoms with Crippen LogP contribution in [-0.2, 0) is 28.6 Å². The van der Waals surface area contributed by atoms with Gasteiger partial charge in [0, 0.05) is 19.3 Å². The number of unbranched alkanes of at least 4 members (excludes halogenated alkanes) is 21. The second-order valence-corrected chi connectivity index (χ2v) is 16.0. The molecule has 1 atom stereocenters. The summed E-state index contributed by atoms with van der Waals surface area (Å²) in [6.07, 6.45) is 61.3. The van der Waals surface area contributed by atoms with Crippen molar-refractivity contribution >= 4 is 17.9 Å². The monoisotopic (exact) mass is 835 g/mol. The standard InChI is InChI=1S/C54H90O6/c1-4-7-10-13-16-19-22-25-27-30-32-35-38-41-44-47-53(56)59-50-51(49-58-52(55)46-43-40-37-34-31-28-24-21-18-15-12-9-6-3)60-54(57)48-45-42-39-36-33-29-26-23-20-17-14-11-8-5-2/h8-9,11-12,15,17-22,24,28,31,51H,4-7,10,13-14,16,23,25-27,29-30,32-50H2,1-3H3/b11-8+,12-9+,18-15+,20-17+,22-19+,24-21+,31-28+. The molecule has 342 valence electrons. The van der Waals surface area contributed by atoms with E-state index < -0.39 is 6.10 Å². The topological polar surface area (TPSA) is 78.9 Å². The molecule has 0 bridgehead atoms. The van der Waals surface area contributed by atoms with Crippen molar-refractivity contribution in [1.82, 2.24) is 0 Å². The first-order valence-electron chi connectivity index (χ1n) is 24.6. The van der Waals surface area contributed by atoms with Gasteiger partial charge in [0.2, 0.25) is 0 Å². The van der Waals surface area contributed by atoms with E-state index in [9.17, 15) is 14.4 Å². The molecule has 0 aliphatic rings. The van der Waals surface area contributed by atoms with Gasteiger partial charge in [-0.3, -0.25) is 14.4 Å². The fraction of sp³-hybridized carbons (Fsp3) is 0.685. The Morgan fingerprint density at radius 1 is 0.367 bits per heavy atom. The number of allylic oxidation sites excluding steroid dienone is 14. The molecule has 1 unspecified atom stereocenters. The van der Waals surface area contributed by atoms with E-state index in [1.54, 1.807) is 0 Å². The fourth-order valence-corrected chi connectivity index (χ4v) is 6.54. The van der Waals surface area contributed by atoms with Crippen molar-refractivity contribution in [3.05, 3.63) is 85.1 Å². The average molecular weight is 835 g/mol. The van der Waals surface area contributed by atoms with Crippen LogP contribution in [0.5, 0.6) is 0 Å². The minimum absolute atomic E-state index is 0.0956. The molecule has 0 aromatic rings. The highest BCUT2D eigenvalue weighted by atomic mass is 16.6. The highest BCUT2D eigenvalue weighted by Gasteiger charge is 2.19. The predicted molar refractivity (Wildman–Crippen MR) is 256 cm³/mol. The van der Waals surface area contributed by atoms with Crippen LogP contribution in [0.1, 0.15) is 220 Å². The van der Waals surface area contributed by atoms with Gasteiger partial charge < -0.3 is 14.2 Å². The van der Waals surface area contributed by atoms with Crippen molar-refractivity contribution in [2.45, 2.75) is 226 Å². The van der Waals surface area contributed by atoms with Crippen molar-refractivity contribution in [1.29, 1.82) is 0 Å². The van der Waals surface area contributed by atoms with Crippen LogP contribution in [0.15, 0.2) is 85.1 Å². The minimum Gasteiger partial charge on any atom is -0.462 e. The minimum atomic E-state index is -0.797. The average Bonchev–Trinajstić information content (AvgIpc) is 3.24. The Hall–Kier alpha value is -3.41. The van der Waals surface area contributed by atoms with Crippen LogP contribution in [0.4, 0.5) is 0 Å². The van der Waals surface area contributed by atoms with Gasteiger partial charge in [0.05, 0.1) is 0 Å². The van der Waals surface area contributed by atoms with E-state index >= 15 is 0 Å². The first-order valence-corrected chi connectivity index (χ1v) is 24.6. The molecule has 0 aromatic carbocycles. The molecule has 0 aliphatic heterocycles. The molecule has 0 radical (unpaired) electrons. The van der Waals surface area contributed by atoms with Crippen LogP contribution in [0, 0.1) is 0 Å². The number of rotatable bonds is 43. The molecule has 0 amide bonds. The molecular weight excluding hydrogens is 745 g/mol. The van der Waals surface area contributed by atoms with E-state index in [2.05, 4.69) is 69.4 Å². The van der Waals surface area contributed by atoms with Crippen LogP contribution in [0.25, 0.3) is 0 Å². The summed E-state index contributed by atoms with van der Waals surface area (Å²) in [6, 6.07) is 0. The van der Waals surface area contributed by atoms with Gasteiger partial charge in [-0.05, 0) is 89.9 Å². The maximum absolute atomic E-state index is 12.8. The zero-order valence-corrected chi connectivity index (χ0v) is 38.9. The van der Waals surface area contributed by atoms with Gasteiger partial charge in [-0.2, -0.15) is 0 Å². The first kappa shape index (κ1) is 56.6. The lowest BCUT2D eigenvalue weighted by Crippen LogP contribution is -2.30. The van der Waals surface area contributed by atoms with E-state index in [0.717, 1.165) is 89.9 Å². The molecule has 0 aliphatic carbocycles. The van der Waals surface area contributed by atoms with Crippen molar-refractivity contribution in [3.63, 3.8) is 0 Å². The Bertz CT molecular complexity index is 1190. The number of ether oxygens (including phenoxy) is 3. The summed E-state index contributed by atoms with van der Waals surface area (Å²) in [5, 5.41) is 0. The van der Waals surface area contributed by atoms with Gasteiger partial charge in [-0.25, -0.2) is 0 Å². The Balaban J connectivity index is 4.46. The number of esters is 3. The van der Waals surface area contributed by atoms with Crippen molar-refractivity contribution in [2.75, 3.05) is 13.2 Å². The van der Waals surface area contributed by atoms with Crippen LogP contribution >= 0.6 is 0 Å². The summed E-state index contributed by atoms with van der Waals surface area (Å²) >= 11 is 0. The molecule has 0 saturated heterocycles. The van der Waals surface area contributed by atoms with Gasteiger partial charge in [-0.15, -0.1) is 0 Å². The lowest BCUT2D eigenvalue weighted by molar-refractivity contribution is -0.167. The van der Waals surface area contributed by atoms with Gasteiger partial charge >= 0.3 is 17.9 Å². The fourth-order valence-electron chi connectivity index (χ4n) is 6.54. The van der Waals surface area contributed by atoms with E-state index in [1.165, 1.54) is 89.9 Å². The molecular formula is C54H90O6. The second-order valence-electron chi connectivity index (χ2n) is 16.0. The molecule has 0 rings (SSSR count). The normalized spacial score (nSPS) is 12.8. The zero-order valence-electron chi connectivity index (χ0n) is 38.9. The zero-order chi connectivity index (χ0) is 43.7. The maximum Gasteiger partial charge on any atom is 0.306 e. The van der Waals surface area contributed by atoms with Gasteiger partial charge in [0.1, 0.15) is 13.2 Å². The Labute approximate surface area is 369 Å². The summed E-state index contributed by atoms with van der Waals surface area (Å²) in [5.74, 6) is -0.952. The third kappa shape index (κ3) is 45.7. The van der Waals surface area contributed by atoms with Crippen molar-refractivity contribution in [2.24, 2.45) is 0 Å². The van der Waals surface area contributed by atoms with Gasteiger partial charge in [-0.1, -0.05) is 196 Å². The molecule has 0 heterocycles. The van der Waals surface area contributed by atoms with E-state index in [-0.39, 0.29) is 31.1 Å². The first-order chi connectivity index (χ1) is 29.5. The smallest absolute Gasteiger partial charge is 0.306 e. The lowest BCUT2D eigenvalue weighted by atomic mass is 10.1. The van der Waals surface area contributed by atoms with Crippen molar-refractivity contribution < 1.29 is 28.6 Å². The van der Waals surface area contributed by atoms with Crippen LogP contribution in [0.3, 0.4) is 0 Å².